The average Bonchev–Trinajstić information content (AvgIpc) is 2.63. The van der Waals surface area contributed by atoms with Crippen LogP contribution in [-0.4, -0.2) is 24.8 Å². The van der Waals surface area contributed by atoms with Gasteiger partial charge in [-0.1, -0.05) is 29.8 Å². The fourth-order valence-corrected chi connectivity index (χ4v) is 3.31. The van der Waals surface area contributed by atoms with Gasteiger partial charge in [0.05, 0.1) is 16.4 Å². The minimum atomic E-state index is -0.396. The first-order valence-corrected chi connectivity index (χ1v) is 8.68. The Labute approximate surface area is 147 Å². The fraction of sp³-hybridized carbons (Fsp3) is 0.368. The molecule has 2 aromatic carbocycles. The molecule has 2 N–H and O–H groups in total. The van der Waals surface area contributed by atoms with Crippen LogP contribution in [0.3, 0.4) is 0 Å². The lowest BCUT2D eigenvalue weighted by molar-refractivity contribution is 0.203. The molecule has 2 aromatic rings. The third-order valence-corrected chi connectivity index (χ3v) is 4.87. The maximum atomic E-state index is 13.3. The molecule has 1 aliphatic rings. The van der Waals surface area contributed by atoms with Crippen molar-refractivity contribution in [2.75, 3.05) is 29.9 Å². The number of anilines is 2. The van der Waals surface area contributed by atoms with Gasteiger partial charge >= 0.3 is 0 Å². The second-order valence-electron chi connectivity index (χ2n) is 6.23. The summed E-state index contributed by atoms with van der Waals surface area (Å²) in [6.07, 6.45) is 2.02. The molecule has 24 heavy (non-hydrogen) atoms. The van der Waals surface area contributed by atoms with E-state index in [0.29, 0.717) is 12.5 Å². The van der Waals surface area contributed by atoms with Crippen molar-refractivity contribution in [3.63, 3.8) is 0 Å². The van der Waals surface area contributed by atoms with Crippen LogP contribution in [0.2, 0.25) is 5.02 Å². The fourth-order valence-electron chi connectivity index (χ4n) is 3.10. The summed E-state index contributed by atoms with van der Waals surface area (Å²) >= 11 is 5.84. The van der Waals surface area contributed by atoms with Crippen molar-refractivity contribution in [1.29, 1.82) is 0 Å². The molecule has 1 saturated heterocycles. The van der Waals surface area contributed by atoms with Gasteiger partial charge in [0.2, 0.25) is 0 Å². The standard InChI is InChI=1S/C19H22ClFN2O/c20-16-11-15(5-6-17(16)21)12-22-18-3-1-2-4-19(18)23-9-7-14(13-24)8-10-23/h1-6,11,14,22,24H,7-10,12-13H2. The molecule has 3 rings (SSSR count). The molecular weight excluding hydrogens is 327 g/mol. The van der Waals surface area contributed by atoms with Crippen LogP contribution >= 0.6 is 11.6 Å². The van der Waals surface area contributed by atoms with Crippen molar-refractivity contribution < 1.29 is 9.50 Å². The van der Waals surface area contributed by atoms with Crippen molar-refractivity contribution in [1.82, 2.24) is 0 Å². The molecule has 0 radical (unpaired) electrons. The van der Waals surface area contributed by atoms with Gasteiger partial charge < -0.3 is 15.3 Å². The molecule has 0 saturated carbocycles. The molecule has 0 atom stereocenters. The van der Waals surface area contributed by atoms with Gasteiger partial charge in [-0.15, -0.1) is 0 Å². The van der Waals surface area contributed by atoms with Crippen LogP contribution in [0.1, 0.15) is 18.4 Å². The SMILES string of the molecule is OCC1CCN(c2ccccc2NCc2ccc(F)c(Cl)c2)CC1. The summed E-state index contributed by atoms with van der Waals surface area (Å²) in [6.45, 7) is 2.77. The van der Waals surface area contributed by atoms with E-state index in [1.807, 2.05) is 12.1 Å². The number of aliphatic hydroxyl groups is 1. The van der Waals surface area contributed by atoms with E-state index in [1.54, 1.807) is 12.1 Å². The quantitative estimate of drug-likeness (QED) is 0.845. The molecule has 1 aliphatic heterocycles. The highest BCUT2D eigenvalue weighted by Gasteiger charge is 2.20. The Morgan fingerprint density at radius 2 is 1.92 bits per heavy atom. The summed E-state index contributed by atoms with van der Waals surface area (Å²) in [5, 5.41) is 12.9. The highest BCUT2D eigenvalue weighted by atomic mass is 35.5. The van der Waals surface area contributed by atoms with Gasteiger partial charge in [0.25, 0.3) is 0 Å². The summed E-state index contributed by atoms with van der Waals surface area (Å²) in [7, 11) is 0. The first-order valence-electron chi connectivity index (χ1n) is 8.30. The summed E-state index contributed by atoms with van der Waals surface area (Å²) in [6, 6.07) is 13.0. The van der Waals surface area contributed by atoms with E-state index < -0.39 is 5.82 Å². The lowest BCUT2D eigenvalue weighted by atomic mass is 9.97. The summed E-state index contributed by atoms with van der Waals surface area (Å²) in [4.78, 5) is 2.35. The van der Waals surface area contributed by atoms with Crippen LogP contribution < -0.4 is 10.2 Å². The second-order valence-corrected chi connectivity index (χ2v) is 6.64. The molecule has 0 spiro atoms. The van der Waals surface area contributed by atoms with Crippen molar-refractivity contribution in [2.45, 2.75) is 19.4 Å². The van der Waals surface area contributed by atoms with Crippen LogP contribution in [0.15, 0.2) is 42.5 Å². The molecule has 0 bridgehead atoms. The van der Waals surface area contributed by atoms with Crippen molar-refractivity contribution in [2.24, 2.45) is 5.92 Å². The highest BCUT2D eigenvalue weighted by Crippen LogP contribution is 2.30. The van der Waals surface area contributed by atoms with Crippen LogP contribution in [-0.2, 0) is 6.54 Å². The molecule has 128 valence electrons. The van der Waals surface area contributed by atoms with Crippen molar-refractivity contribution >= 4 is 23.0 Å². The highest BCUT2D eigenvalue weighted by molar-refractivity contribution is 6.30. The monoisotopic (exact) mass is 348 g/mol. The summed E-state index contributed by atoms with van der Waals surface area (Å²) in [5.41, 5.74) is 3.16. The van der Waals surface area contributed by atoms with Gasteiger partial charge in [0, 0.05) is 26.2 Å². The molecule has 1 heterocycles. The lowest BCUT2D eigenvalue weighted by Gasteiger charge is -2.34. The predicted octanol–water partition coefficient (Wildman–Crippen LogP) is 4.30. The largest absolute Gasteiger partial charge is 0.396 e. The number of aliphatic hydroxyl groups excluding tert-OH is 1. The minimum Gasteiger partial charge on any atom is -0.396 e. The topological polar surface area (TPSA) is 35.5 Å². The van der Waals surface area contributed by atoms with Crippen LogP contribution in [0.4, 0.5) is 15.8 Å². The summed E-state index contributed by atoms with van der Waals surface area (Å²) < 4.78 is 13.3. The van der Waals surface area contributed by atoms with Gasteiger partial charge in [-0.2, -0.15) is 0 Å². The zero-order valence-electron chi connectivity index (χ0n) is 13.5. The zero-order chi connectivity index (χ0) is 16.9. The molecule has 0 aromatic heterocycles. The van der Waals surface area contributed by atoms with Gasteiger partial charge in [-0.25, -0.2) is 4.39 Å². The molecule has 1 fully saturated rings. The Balaban J connectivity index is 1.69. The smallest absolute Gasteiger partial charge is 0.141 e. The number of rotatable bonds is 5. The molecule has 0 amide bonds. The zero-order valence-corrected chi connectivity index (χ0v) is 14.3. The number of halogens is 2. The van der Waals surface area contributed by atoms with Gasteiger partial charge in [0.1, 0.15) is 5.82 Å². The molecule has 0 aliphatic carbocycles. The maximum absolute atomic E-state index is 13.3. The number of benzene rings is 2. The Hall–Kier alpha value is -1.78. The number of hydrogen-bond acceptors (Lipinski definition) is 3. The van der Waals surface area contributed by atoms with E-state index in [1.165, 1.54) is 11.8 Å². The van der Waals surface area contributed by atoms with Gasteiger partial charge in [-0.05, 0) is 48.6 Å². The van der Waals surface area contributed by atoms with Gasteiger partial charge in [0.15, 0.2) is 0 Å². The van der Waals surface area contributed by atoms with E-state index >= 15 is 0 Å². The second kappa shape index (κ2) is 7.86. The molecular formula is C19H22ClFN2O. The Bertz CT molecular complexity index is 687. The van der Waals surface area contributed by atoms with Crippen LogP contribution in [0.25, 0.3) is 0 Å². The Morgan fingerprint density at radius 3 is 2.62 bits per heavy atom. The third kappa shape index (κ3) is 4.00. The number of nitrogens with one attached hydrogen (secondary N) is 1. The molecule has 3 nitrogen and oxygen atoms in total. The van der Waals surface area contributed by atoms with Crippen molar-refractivity contribution in [3.05, 3.63) is 58.9 Å². The number of piperidine rings is 1. The van der Waals surface area contributed by atoms with E-state index in [0.717, 1.165) is 37.2 Å². The first-order chi connectivity index (χ1) is 11.7. The van der Waals surface area contributed by atoms with Crippen LogP contribution in [0, 0.1) is 11.7 Å². The van der Waals surface area contributed by atoms with E-state index in [-0.39, 0.29) is 11.6 Å². The average molecular weight is 349 g/mol. The predicted molar refractivity (Wildman–Crippen MR) is 97.2 cm³/mol. The number of hydrogen-bond donors (Lipinski definition) is 2. The van der Waals surface area contributed by atoms with Gasteiger partial charge in [-0.3, -0.25) is 0 Å². The first kappa shape index (κ1) is 17.1. The number of para-hydroxylation sites is 2. The Morgan fingerprint density at radius 1 is 1.17 bits per heavy atom. The third-order valence-electron chi connectivity index (χ3n) is 4.58. The maximum Gasteiger partial charge on any atom is 0.141 e. The molecule has 0 unspecified atom stereocenters. The lowest BCUT2D eigenvalue weighted by Crippen LogP contribution is -2.35. The summed E-state index contributed by atoms with van der Waals surface area (Å²) in [5.74, 6) is 0.0234. The number of nitrogens with zero attached hydrogens (tertiary/aromatic N) is 1. The van der Waals surface area contributed by atoms with E-state index in [4.69, 9.17) is 11.6 Å². The van der Waals surface area contributed by atoms with E-state index in [2.05, 4.69) is 22.3 Å². The minimum absolute atomic E-state index is 0.147. The Kier molecular flexibility index (Phi) is 5.59. The van der Waals surface area contributed by atoms with E-state index in [9.17, 15) is 9.50 Å². The normalized spacial score (nSPS) is 15.5. The van der Waals surface area contributed by atoms with Crippen LogP contribution in [0.5, 0.6) is 0 Å². The van der Waals surface area contributed by atoms with Crippen molar-refractivity contribution in [3.8, 4) is 0 Å². The molecule has 5 heteroatoms.